The highest BCUT2D eigenvalue weighted by Gasteiger charge is 2.07. The highest BCUT2D eigenvalue weighted by atomic mass is 32.1. The van der Waals surface area contributed by atoms with E-state index in [0.29, 0.717) is 17.4 Å². The third-order valence-corrected chi connectivity index (χ3v) is 3.06. The first-order chi connectivity index (χ1) is 8.31. The summed E-state index contributed by atoms with van der Waals surface area (Å²) >= 11 is 1.70. The predicted octanol–water partition coefficient (Wildman–Crippen LogP) is 1.78. The molecule has 2 heterocycles. The Morgan fingerprint density at radius 3 is 3.06 bits per heavy atom. The Hall–Kier alpha value is -1.82. The third kappa shape index (κ3) is 2.85. The second-order valence-corrected chi connectivity index (χ2v) is 4.23. The molecule has 17 heavy (non-hydrogen) atoms. The van der Waals surface area contributed by atoms with E-state index in [2.05, 4.69) is 32.1 Å². The van der Waals surface area contributed by atoms with E-state index in [4.69, 9.17) is 10.5 Å². The fourth-order valence-electron chi connectivity index (χ4n) is 1.44. The zero-order valence-electron chi connectivity index (χ0n) is 9.51. The first-order valence-corrected chi connectivity index (χ1v) is 6.15. The smallest absolute Gasteiger partial charge is 0.242 e. The lowest BCUT2D eigenvalue weighted by molar-refractivity contribution is 0.399. The molecule has 0 unspecified atom stereocenters. The van der Waals surface area contributed by atoms with Crippen molar-refractivity contribution in [3.05, 3.63) is 28.7 Å². The van der Waals surface area contributed by atoms with Crippen molar-refractivity contribution in [1.29, 1.82) is 0 Å². The zero-order valence-corrected chi connectivity index (χ0v) is 10.3. The van der Waals surface area contributed by atoms with Gasteiger partial charge in [0.05, 0.1) is 7.11 Å². The number of nitrogen functional groups attached to an aromatic ring is 1. The van der Waals surface area contributed by atoms with Gasteiger partial charge >= 0.3 is 0 Å². The molecule has 6 heteroatoms. The van der Waals surface area contributed by atoms with Crippen molar-refractivity contribution in [2.75, 3.05) is 24.7 Å². The number of nitrogens with one attached hydrogen (secondary N) is 1. The monoisotopic (exact) mass is 250 g/mol. The minimum atomic E-state index is 0.401. The van der Waals surface area contributed by atoms with Crippen LogP contribution in [-0.4, -0.2) is 23.6 Å². The normalized spacial score (nSPS) is 10.2. The van der Waals surface area contributed by atoms with Crippen molar-refractivity contribution in [3.63, 3.8) is 0 Å². The van der Waals surface area contributed by atoms with Crippen molar-refractivity contribution < 1.29 is 4.74 Å². The molecule has 0 radical (unpaired) electrons. The summed E-state index contributed by atoms with van der Waals surface area (Å²) in [5.74, 6) is 1.02. The number of nitrogens with two attached hydrogens (primary N) is 1. The van der Waals surface area contributed by atoms with Crippen LogP contribution in [0.15, 0.2) is 23.2 Å². The SMILES string of the molecule is COc1ncnc(NCCc2ccsc2)c1N. The molecule has 0 aliphatic carbocycles. The molecular formula is C11H14N4OS. The zero-order chi connectivity index (χ0) is 12.1. The van der Waals surface area contributed by atoms with E-state index in [1.165, 1.54) is 19.0 Å². The van der Waals surface area contributed by atoms with Crippen LogP contribution in [0.2, 0.25) is 0 Å². The van der Waals surface area contributed by atoms with Crippen LogP contribution in [0.5, 0.6) is 5.88 Å². The predicted molar refractivity (Wildman–Crippen MR) is 69.5 cm³/mol. The summed E-state index contributed by atoms with van der Waals surface area (Å²) < 4.78 is 5.02. The van der Waals surface area contributed by atoms with Crippen molar-refractivity contribution in [3.8, 4) is 5.88 Å². The third-order valence-electron chi connectivity index (χ3n) is 2.33. The van der Waals surface area contributed by atoms with Gasteiger partial charge in [0.2, 0.25) is 5.88 Å². The van der Waals surface area contributed by atoms with E-state index < -0.39 is 0 Å². The van der Waals surface area contributed by atoms with Gasteiger partial charge in [-0.15, -0.1) is 0 Å². The number of hydrogen-bond acceptors (Lipinski definition) is 6. The summed E-state index contributed by atoms with van der Waals surface area (Å²) in [4.78, 5) is 8.00. The number of rotatable bonds is 5. The summed E-state index contributed by atoms with van der Waals surface area (Å²) in [7, 11) is 1.54. The van der Waals surface area contributed by atoms with E-state index in [0.717, 1.165) is 13.0 Å². The number of ether oxygens (including phenoxy) is 1. The highest BCUT2D eigenvalue weighted by Crippen LogP contribution is 2.23. The number of hydrogen-bond donors (Lipinski definition) is 2. The molecule has 5 nitrogen and oxygen atoms in total. The lowest BCUT2D eigenvalue weighted by atomic mass is 10.2. The maximum absolute atomic E-state index is 5.84. The van der Waals surface area contributed by atoms with Gasteiger partial charge in [-0.3, -0.25) is 0 Å². The molecule has 0 aromatic carbocycles. The minimum Gasteiger partial charge on any atom is -0.479 e. The van der Waals surface area contributed by atoms with Crippen LogP contribution in [0.4, 0.5) is 11.5 Å². The molecule has 0 fully saturated rings. The van der Waals surface area contributed by atoms with Gasteiger partial charge in [-0.2, -0.15) is 16.3 Å². The van der Waals surface area contributed by atoms with Gasteiger partial charge in [-0.05, 0) is 28.8 Å². The van der Waals surface area contributed by atoms with Gasteiger partial charge in [-0.1, -0.05) is 0 Å². The maximum atomic E-state index is 5.84. The number of anilines is 2. The summed E-state index contributed by atoms with van der Waals surface area (Å²) in [6.45, 7) is 0.779. The Balaban J connectivity index is 1.95. The van der Waals surface area contributed by atoms with Crippen LogP contribution in [-0.2, 0) is 6.42 Å². The Bertz CT molecular complexity index is 472. The summed E-state index contributed by atoms with van der Waals surface area (Å²) in [6, 6.07) is 2.11. The van der Waals surface area contributed by atoms with E-state index in [1.54, 1.807) is 11.3 Å². The molecule has 0 saturated carbocycles. The Kier molecular flexibility index (Phi) is 3.77. The summed E-state index contributed by atoms with van der Waals surface area (Å²) in [5, 5.41) is 7.37. The molecule has 3 N–H and O–H groups in total. The molecule has 0 aliphatic heterocycles. The first-order valence-electron chi connectivity index (χ1n) is 5.20. The first kappa shape index (κ1) is 11.7. The van der Waals surface area contributed by atoms with E-state index in [9.17, 15) is 0 Å². The van der Waals surface area contributed by atoms with Crippen molar-refractivity contribution in [2.24, 2.45) is 0 Å². The molecule has 90 valence electrons. The lowest BCUT2D eigenvalue weighted by Gasteiger charge is -2.09. The fraction of sp³-hybridized carbons (Fsp3) is 0.273. The van der Waals surface area contributed by atoms with Gasteiger partial charge in [0.1, 0.15) is 12.0 Å². The molecule has 0 amide bonds. The van der Waals surface area contributed by atoms with Gasteiger partial charge in [0.15, 0.2) is 5.82 Å². The van der Waals surface area contributed by atoms with Gasteiger partial charge in [0, 0.05) is 6.54 Å². The standard InChI is InChI=1S/C11H14N4OS/c1-16-11-9(12)10(14-7-15-11)13-4-2-8-3-5-17-6-8/h3,5-7H,2,4,12H2,1H3,(H,13,14,15). The van der Waals surface area contributed by atoms with Crippen LogP contribution in [0, 0.1) is 0 Å². The second-order valence-electron chi connectivity index (χ2n) is 3.45. The number of methoxy groups -OCH3 is 1. The Morgan fingerprint density at radius 2 is 2.35 bits per heavy atom. The molecule has 0 aliphatic rings. The molecule has 2 rings (SSSR count). The quantitative estimate of drug-likeness (QED) is 0.846. The van der Waals surface area contributed by atoms with Crippen molar-refractivity contribution in [2.45, 2.75) is 6.42 Å². The van der Waals surface area contributed by atoms with Gasteiger partial charge in [-0.25, -0.2) is 4.98 Å². The minimum absolute atomic E-state index is 0.401. The van der Waals surface area contributed by atoms with Crippen molar-refractivity contribution in [1.82, 2.24) is 9.97 Å². The average Bonchev–Trinajstić information content (AvgIpc) is 2.84. The fourth-order valence-corrected chi connectivity index (χ4v) is 2.15. The van der Waals surface area contributed by atoms with Gasteiger partial charge < -0.3 is 15.8 Å². The van der Waals surface area contributed by atoms with E-state index in [1.807, 2.05) is 0 Å². The van der Waals surface area contributed by atoms with Crippen LogP contribution in [0.25, 0.3) is 0 Å². The van der Waals surface area contributed by atoms with E-state index >= 15 is 0 Å². The molecule has 2 aromatic rings. The van der Waals surface area contributed by atoms with Gasteiger partial charge in [0.25, 0.3) is 0 Å². The Labute approximate surface area is 104 Å². The van der Waals surface area contributed by atoms with Crippen LogP contribution >= 0.6 is 11.3 Å². The highest BCUT2D eigenvalue weighted by molar-refractivity contribution is 7.07. The number of thiophene rings is 1. The van der Waals surface area contributed by atoms with Crippen LogP contribution in [0.3, 0.4) is 0 Å². The second kappa shape index (κ2) is 5.49. The number of nitrogens with zero attached hydrogens (tertiary/aromatic N) is 2. The van der Waals surface area contributed by atoms with Crippen molar-refractivity contribution >= 4 is 22.8 Å². The summed E-state index contributed by atoms with van der Waals surface area (Å²) in [5.41, 5.74) is 7.60. The lowest BCUT2D eigenvalue weighted by Crippen LogP contribution is -2.09. The molecule has 0 atom stereocenters. The molecule has 0 bridgehead atoms. The molecule has 0 spiro atoms. The maximum Gasteiger partial charge on any atom is 0.242 e. The topological polar surface area (TPSA) is 73.1 Å². The Morgan fingerprint density at radius 1 is 1.47 bits per heavy atom. The largest absolute Gasteiger partial charge is 0.479 e. The molecule has 0 saturated heterocycles. The average molecular weight is 250 g/mol. The summed E-state index contributed by atoms with van der Waals surface area (Å²) in [6.07, 6.45) is 2.37. The molecular weight excluding hydrogens is 236 g/mol. The molecule has 2 aromatic heterocycles. The van der Waals surface area contributed by atoms with Crippen LogP contribution < -0.4 is 15.8 Å². The van der Waals surface area contributed by atoms with E-state index in [-0.39, 0.29) is 0 Å². The van der Waals surface area contributed by atoms with Crippen LogP contribution in [0.1, 0.15) is 5.56 Å². The number of aromatic nitrogens is 2.